The Morgan fingerprint density at radius 3 is 2.21 bits per heavy atom. The van der Waals surface area contributed by atoms with Crippen LogP contribution in [0.15, 0.2) is 24.3 Å². The van der Waals surface area contributed by atoms with Crippen molar-refractivity contribution >= 4 is 17.5 Å². The van der Waals surface area contributed by atoms with Gasteiger partial charge in [0.25, 0.3) is 0 Å². The Balaban J connectivity index is 2.46. The summed E-state index contributed by atoms with van der Waals surface area (Å²) >= 11 is 0. The van der Waals surface area contributed by atoms with E-state index in [1.54, 1.807) is 12.1 Å². The van der Waals surface area contributed by atoms with Gasteiger partial charge in [-0.2, -0.15) is 0 Å². The van der Waals surface area contributed by atoms with Gasteiger partial charge in [0.05, 0.1) is 6.42 Å². The van der Waals surface area contributed by atoms with E-state index in [4.69, 9.17) is 5.21 Å². The number of rotatable bonds is 6. The van der Waals surface area contributed by atoms with Gasteiger partial charge in [-0.1, -0.05) is 29.8 Å². The number of carbonyl (C=O) groups is 3. The van der Waals surface area contributed by atoms with E-state index in [2.05, 4.69) is 0 Å². The number of hydrogen-bond acceptors (Lipinski definition) is 4. The Kier molecular flexibility index (Phi) is 5.38. The summed E-state index contributed by atoms with van der Waals surface area (Å²) in [4.78, 5) is 34.4. The van der Waals surface area contributed by atoms with Crippen molar-refractivity contribution in [1.29, 1.82) is 0 Å². The van der Waals surface area contributed by atoms with Crippen molar-refractivity contribution in [2.24, 2.45) is 0 Å². The maximum atomic E-state index is 11.8. The van der Waals surface area contributed by atoms with Gasteiger partial charge in [-0.3, -0.25) is 19.6 Å². The second-order valence-corrected chi connectivity index (χ2v) is 4.42. The monoisotopic (exact) mass is 263 g/mol. The fourth-order valence-electron chi connectivity index (χ4n) is 1.52. The smallest absolute Gasteiger partial charge is 0.246 e. The third kappa shape index (κ3) is 5.01. The van der Waals surface area contributed by atoms with E-state index in [9.17, 15) is 14.4 Å². The normalized spacial score (nSPS) is 10.1. The lowest BCUT2D eigenvalue weighted by Gasteiger charge is -2.07. The standard InChI is InChI=1S/C14H17NO4/c1-10-3-5-11(6-4-10)13(17)9-12(16)7-8-14(18)15(2)19/h3-6,19H,7-9H2,1-2H3. The van der Waals surface area contributed by atoms with Crippen molar-refractivity contribution in [2.45, 2.75) is 26.2 Å². The maximum absolute atomic E-state index is 11.8. The SMILES string of the molecule is Cc1ccc(C(=O)CC(=O)CCC(=O)N(C)O)cc1. The number of nitrogens with zero attached hydrogens (tertiary/aromatic N) is 1. The van der Waals surface area contributed by atoms with Crippen molar-refractivity contribution in [3.8, 4) is 0 Å². The maximum Gasteiger partial charge on any atom is 0.246 e. The molecule has 5 heteroatoms. The molecule has 0 unspecified atom stereocenters. The number of ketones is 2. The summed E-state index contributed by atoms with van der Waals surface area (Å²) in [6, 6.07) is 6.97. The molecule has 1 aromatic rings. The van der Waals surface area contributed by atoms with Crippen molar-refractivity contribution in [3.05, 3.63) is 35.4 Å². The van der Waals surface area contributed by atoms with Crippen LogP contribution in [0.1, 0.15) is 35.2 Å². The van der Waals surface area contributed by atoms with Crippen LogP contribution < -0.4 is 0 Å². The summed E-state index contributed by atoms with van der Waals surface area (Å²) in [6.45, 7) is 1.91. The minimum atomic E-state index is -0.545. The minimum absolute atomic E-state index is 0.0403. The van der Waals surface area contributed by atoms with Crippen molar-refractivity contribution in [2.75, 3.05) is 7.05 Å². The molecule has 5 nitrogen and oxygen atoms in total. The highest BCUT2D eigenvalue weighted by Crippen LogP contribution is 2.08. The fraction of sp³-hybridized carbons (Fsp3) is 0.357. The molecular formula is C14H17NO4. The average molecular weight is 263 g/mol. The van der Waals surface area contributed by atoms with Crippen LogP contribution in [-0.4, -0.2) is 34.8 Å². The average Bonchev–Trinajstić information content (AvgIpc) is 2.36. The predicted octanol–water partition coefficient (Wildman–Crippen LogP) is 1.76. The van der Waals surface area contributed by atoms with Crippen LogP contribution in [-0.2, 0) is 9.59 Å². The van der Waals surface area contributed by atoms with Gasteiger partial charge in [-0.05, 0) is 6.92 Å². The summed E-state index contributed by atoms with van der Waals surface area (Å²) in [6.07, 6.45) is -0.347. The molecule has 0 fully saturated rings. The van der Waals surface area contributed by atoms with Gasteiger partial charge in [0.1, 0.15) is 5.78 Å². The second-order valence-electron chi connectivity index (χ2n) is 4.42. The Bertz CT molecular complexity index is 477. The van der Waals surface area contributed by atoms with E-state index < -0.39 is 5.91 Å². The Labute approximate surface area is 111 Å². The molecular weight excluding hydrogens is 246 g/mol. The molecule has 0 atom stereocenters. The van der Waals surface area contributed by atoms with E-state index in [0.29, 0.717) is 10.6 Å². The van der Waals surface area contributed by atoms with Crippen LogP contribution in [0.25, 0.3) is 0 Å². The first kappa shape index (κ1) is 15.0. The van der Waals surface area contributed by atoms with E-state index >= 15 is 0 Å². The van der Waals surface area contributed by atoms with Crippen LogP contribution in [0, 0.1) is 6.92 Å². The topological polar surface area (TPSA) is 74.7 Å². The first-order valence-electron chi connectivity index (χ1n) is 5.97. The van der Waals surface area contributed by atoms with Gasteiger partial charge in [-0.25, -0.2) is 5.06 Å². The summed E-state index contributed by atoms with van der Waals surface area (Å²) in [5, 5.41) is 9.26. The molecule has 102 valence electrons. The molecule has 0 aliphatic rings. The highest BCUT2D eigenvalue weighted by atomic mass is 16.5. The fourth-order valence-corrected chi connectivity index (χ4v) is 1.52. The minimum Gasteiger partial charge on any atom is -0.299 e. The van der Waals surface area contributed by atoms with Crippen LogP contribution in [0.3, 0.4) is 0 Å². The van der Waals surface area contributed by atoms with Crippen LogP contribution in [0.5, 0.6) is 0 Å². The third-order valence-corrected chi connectivity index (χ3v) is 2.71. The van der Waals surface area contributed by atoms with Crippen LogP contribution in [0.4, 0.5) is 0 Å². The van der Waals surface area contributed by atoms with E-state index in [1.165, 1.54) is 7.05 Å². The number of carbonyl (C=O) groups excluding carboxylic acids is 3. The highest BCUT2D eigenvalue weighted by Gasteiger charge is 2.14. The Morgan fingerprint density at radius 2 is 1.68 bits per heavy atom. The number of hydroxylamine groups is 2. The van der Waals surface area contributed by atoms with Crippen molar-refractivity contribution in [3.63, 3.8) is 0 Å². The number of amides is 1. The molecule has 0 saturated carbocycles. The molecule has 1 amide bonds. The van der Waals surface area contributed by atoms with Gasteiger partial charge in [0, 0.05) is 25.5 Å². The first-order valence-corrected chi connectivity index (χ1v) is 5.97. The van der Waals surface area contributed by atoms with Crippen LogP contribution >= 0.6 is 0 Å². The molecule has 0 aliphatic carbocycles. The molecule has 1 aromatic carbocycles. The zero-order chi connectivity index (χ0) is 14.4. The zero-order valence-corrected chi connectivity index (χ0v) is 11.0. The summed E-state index contributed by atoms with van der Waals surface area (Å²) < 4.78 is 0. The van der Waals surface area contributed by atoms with E-state index in [-0.39, 0.29) is 30.8 Å². The van der Waals surface area contributed by atoms with E-state index in [1.807, 2.05) is 19.1 Å². The predicted molar refractivity (Wildman–Crippen MR) is 68.9 cm³/mol. The molecule has 1 N–H and O–H groups in total. The third-order valence-electron chi connectivity index (χ3n) is 2.71. The second kappa shape index (κ2) is 6.80. The summed E-state index contributed by atoms with van der Waals surface area (Å²) in [7, 11) is 1.20. The molecule has 0 aliphatic heterocycles. The number of Topliss-reactive ketones (excluding diaryl/α,β-unsaturated/α-hetero) is 2. The first-order chi connectivity index (χ1) is 8.90. The van der Waals surface area contributed by atoms with Gasteiger partial charge in [-0.15, -0.1) is 0 Å². The molecule has 0 aromatic heterocycles. The number of hydrogen-bond donors (Lipinski definition) is 1. The van der Waals surface area contributed by atoms with Gasteiger partial charge < -0.3 is 0 Å². The Morgan fingerprint density at radius 1 is 1.11 bits per heavy atom. The molecule has 1 rings (SSSR count). The lowest BCUT2D eigenvalue weighted by Crippen LogP contribution is -2.23. The number of benzene rings is 1. The molecule has 0 heterocycles. The molecule has 19 heavy (non-hydrogen) atoms. The lowest BCUT2D eigenvalue weighted by atomic mass is 10.0. The summed E-state index contributed by atoms with van der Waals surface area (Å²) in [5.41, 5.74) is 1.53. The van der Waals surface area contributed by atoms with Gasteiger partial charge >= 0.3 is 0 Å². The van der Waals surface area contributed by atoms with E-state index in [0.717, 1.165) is 5.56 Å². The molecule has 0 saturated heterocycles. The van der Waals surface area contributed by atoms with Gasteiger partial charge in [0.15, 0.2) is 5.78 Å². The Hall–Kier alpha value is -2.01. The summed E-state index contributed by atoms with van der Waals surface area (Å²) in [5.74, 6) is -1.10. The zero-order valence-electron chi connectivity index (χ0n) is 11.0. The highest BCUT2D eigenvalue weighted by molar-refractivity contribution is 6.08. The largest absolute Gasteiger partial charge is 0.299 e. The molecule has 0 radical (unpaired) electrons. The van der Waals surface area contributed by atoms with Crippen molar-refractivity contribution < 1.29 is 19.6 Å². The van der Waals surface area contributed by atoms with Crippen LogP contribution in [0.2, 0.25) is 0 Å². The van der Waals surface area contributed by atoms with Crippen molar-refractivity contribution in [1.82, 2.24) is 5.06 Å². The molecule has 0 spiro atoms. The lowest BCUT2D eigenvalue weighted by molar-refractivity contribution is -0.159. The quantitative estimate of drug-likeness (QED) is 0.367. The number of aryl methyl sites for hydroxylation is 1. The van der Waals surface area contributed by atoms with Gasteiger partial charge in [0.2, 0.25) is 5.91 Å². The molecule has 0 bridgehead atoms.